The van der Waals surface area contributed by atoms with Gasteiger partial charge in [0.15, 0.2) is 11.6 Å². The molecule has 0 amide bonds. The van der Waals surface area contributed by atoms with Crippen LogP contribution in [0.25, 0.3) is 11.3 Å². The van der Waals surface area contributed by atoms with E-state index in [-0.39, 0.29) is 11.3 Å². The molecule has 19 heavy (non-hydrogen) atoms. The Morgan fingerprint density at radius 2 is 2.05 bits per heavy atom. The van der Waals surface area contributed by atoms with Gasteiger partial charge in [0.1, 0.15) is 5.82 Å². The maximum Gasteiger partial charge on any atom is 0.165 e. The van der Waals surface area contributed by atoms with Crippen molar-refractivity contribution in [2.45, 2.75) is 6.42 Å². The van der Waals surface area contributed by atoms with Crippen molar-refractivity contribution < 1.29 is 13.5 Å². The van der Waals surface area contributed by atoms with Gasteiger partial charge < -0.3 is 10.5 Å². The minimum absolute atomic E-state index is 0.113. The molecule has 0 unspecified atom stereocenters. The third-order valence-electron chi connectivity index (χ3n) is 2.81. The van der Waals surface area contributed by atoms with Crippen molar-refractivity contribution in [3.8, 4) is 17.0 Å². The van der Waals surface area contributed by atoms with Crippen molar-refractivity contribution in [3.63, 3.8) is 0 Å². The molecule has 0 aliphatic rings. The van der Waals surface area contributed by atoms with E-state index in [0.29, 0.717) is 18.7 Å². The van der Waals surface area contributed by atoms with Crippen LogP contribution in [0.3, 0.4) is 0 Å². The van der Waals surface area contributed by atoms with Crippen LogP contribution in [0.2, 0.25) is 0 Å². The summed E-state index contributed by atoms with van der Waals surface area (Å²) in [6.07, 6.45) is 2.31. The highest BCUT2D eigenvalue weighted by Gasteiger charge is 2.17. The number of ether oxygens (including phenoxy) is 1. The summed E-state index contributed by atoms with van der Waals surface area (Å²) in [6, 6.07) is 2.11. The number of hydrogen-bond donors (Lipinski definition) is 1. The fraction of sp³-hybridized carbons (Fsp3) is 0.308. The summed E-state index contributed by atoms with van der Waals surface area (Å²) in [5.41, 5.74) is 6.81. The van der Waals surface area contributed by atoms with Gasteiger partial charge in [-0.2, -0.15) is 5.10 Å². The zero-order valence-corrected chi connectivity index (χ0v) is 10.8. The number of halogens is 2. The summed E-state index contributed by atoms with van der Waals surface area (Å²) in [5, 5.41) is 4.17. The summed E-state index contributed by atoms with van der Waals surface area (Å²) >= 11 is 0. The second-order valence-corrected chi connectivity index (χ2v) is 4.18. The van der Waals surface area contributed by atoms with Crippen molar-refractivity contribution in [1.29, 1.82) is 0 Å². The van der Waals surface area contributed by atoms with Gasteiger partial charge in [0.2, 0.25) is 0 Å². The Morgan fingerprint density at radius 1 is 1.32 bits per heavy atom. The number of methoxy groups -OCH3 is 1. The second-order valence-electron chi connectivity index (χ2n) is 4.18. The Balaban J connectivity index is 2.55. The minimum atomic E-state index is -0.622. The number of benzene rings is 1. The summed E-state index contributed by atoms with van der Waals surface area (Å²) in [5.74, 6) is -1.32. The zero-order valence-electron chi connectivity index (χ0n) is 10.8. The Labute approximate surface area is 109 Å². The fourth-order valence-electron chi connectivity index (χ4n) is 1.97. The van der Waals surface area contributed by atoms with Gasteiger partial charge in [-0.1, -0.05) is 0 Å². The third-order valence-corrected chi connectivity index (χ3v) is 2.81. The summed E-state index contributed by atoms with van der Waals surface area (Å²) in [6.45, 7) is 0.416. The normalized spacial score (nSPS) is 10.8. The average molecular weight is 267 g/mol. The van der Waals surface area contributed by atoms with Gasteiger partial charge >= 0.3 is 0 Å². The average Bonchev–Trinajstić information content (AvgIpc) is 2.73. The van der Waals surface area contributed by atoms with Crippen LogP contribution in [0, 0.1) is 11.6 Å². The molecule has 0 aliphatic carbocycles. The zero-order chi connectivity index (χ0) is 14.0. The van der Waals surface area contributed by atoms with E-state index in [4.69, 9.17) is 10.5 Å². The van der Waals surface area contributed by atoms with Crippen molar-refractivity contribution in [1.82, 2.24) is 9.78 Å². The molecule has 0 bridgehead atoms. The molecule has 6 heteroatoms. The monoisotopic (exact) mass is 267 g/mol. The molecule has 0 fully saturated rings. The number of nitrogens with zero attached hydrogens (tertiary/aromatic N) is 2. The molecule has 2 rings (SSSR count). The molecular formula is C13H15F2N3O. The largest absolute Gasteiger partial charge is 0.494 e. The van der Waals surface area contributed by atoms with E-state index in [1.807, 2.05) is 0 Å². The van der Waals surface area contributed by atoms with Gasteiger partial charge in [-0.05, 0) is 24.6 Å². The molecule has 0 atom stereocenters. The lowest BCUT2D eigenvalue weighted by Crippen LogP contribution is -2.03. The standard InChI is InChI=1S/C13H15F2N3O/c1-18-7-8(3-4-16)13(17-18)9-5-11(15)12(19-2)6-10(9)14/h5-7H,3-4,16H2,1-2H3. The molecule has 1 heterocycles. The van der Waals surface area contributed by atoms with E-state index < -0.39 is 11.6 Å². The smallest absolute Gasteiger partial charge is 0.165 e. The van der Waals surface area contributed by atoms with E-state index in [2.05, 4.69) is 5.10 Å². The highest BCUT2D eigenvalue weighted by atomic mass is 19.1. The van der Waals surface area contributed by atoms with Gasteiger partial charge in [0.25, 0.3) is 0 Å². The lowest BCUT2D eigenvalue weighted by atomic mass is 10.0. The van der Waals surface area contributed by atoms with Crippen LogP contribution < -0.4 is 10.5 Å². The summed E-state index contributed by atoms with van der Waals surface area (Å²) < 4.78 is 34.0. The molecular weight excluding hydrogens is 252 g/mol. The van der Waals surface area contributed by atoms with Gasteiger partial charge in [-0.3, -0.25) is 4.68 Å². The van der Waals surface area contributed by atoms with Crippen LogP contribution in [0.4, 0.5) is 8.78 Å². The molecule has 0 aliphatic heterocycles. The Bertz CT molecular complexity index is 596. The second kappa shape index (κ2) is 5.36. The van der Waals surface area contributed by atoms with E-state index in [9.17, 15) is 8.78 Å². The quantitative estimate of drug-likeness (QED) is 0.920. The third kappa shape index (κ3) is 2.58. The number of rotatable bonds is 4. The fourth-order valence-corrected chi connectivity index (χ4v) is 1.97. The first-order valence-electron chi connectivity index (χ1n) is 5.82. The first kappa shape index (κ1) is 13.5. The molecule has 0 spiro atoms. The lowest BCUT2D eigenvalue weighted by Gasteiger charge is -2.07. The number of hydrogen-bond acceptors (Lipinski definition) is 3. The molecule has 2 aromatic rings. The molecule has 102 valence electrons. The van der Waals surface area contributed by atoms with Crippen LogP contribution in [-0.2, 0) is 13.5 Å². The van der Waals surface area contributed by atoms with Crippen LogP contribution in [-0.4, -0.2) is 23.4 Å². The molecule has 0 saturated heterocycles. The summed E-state index contributed by atoms with van der Waals surface area (Å²) in [7, 11) is 3.01. The lowest BCUT2D eigenvalue weighted by molar-refractivity contribution is 0.383. The highest BCUT2D eigenvalue weighted by molar-refractivity contribution is 5.64. The predicted octanol–water partition coefficient (Wildman–Crippen LogP) is 1.88. The first-order valence-corrected chi connectivity index (χ1v) is 5.82. The van der Waals surface area contributed by atoms with Gasteiger partial charge in [0.05, 0.1) is 12.8 Å². The molecule has 1 aromatic carbocycles. The van der Waals surface area contributed by atoms with E-state index in [1.54, 1.807) is 17.9 Å². The minimum Gasteiger partial charge on any atom is -0.494 e. The molecule has 2 N–H and O–H groups in total. The van der Waals surface area contributed by atoms with Crippen molar-refractivity contribution in [2.24, 2.45) is 12.8 Å². The molecule has 1 aromatic heterocycles. The van der Waals surface area contributed by atoms with Crippen LogP contribution in [0.1, 0.15) is 5.56 Å². The first-order chi connectivity index (χ1) is 9.06. The van der Waals surface area contributed by atoms with E-state index >= 15 is 0 Å². The molecule has 4 nitrogen and oxygen atoms in total. The SMILES string of the molecule is COc1cc(F)c(-c2nn(C)cc2CCN)cc1F. The van der Waals surface area contributed by atoms with Crippen LogP contribution in [0.15, 0.2) is 18.3 Å². The summed E-state index contributed by atoms with van der Waals surface area (Å²) in [4.78, 5) is 0. The van der Waals surface area contributed by atoms with Crippen LogP contribution >= 0.6 is 0 Å². The van der Waals surface area contributed by atoms with Gasteiger partial charge in [-0.15, -0.1) is 0 Å². The Kier molecular flexibility index (Phi) is 3.80. The maximum atomic E-state index is 14.0. The van der Waals surface area contributed by atoms with Crippen molar-refractivity contribution in [3.05, 3.63) is 35.5 Å². The van der Waals surface area contributed by atoms with Crippen molar-refractivity contribution >= 4 is 0 Å². The Hall–Kier alpha value is -1.95. The number of aromatic nitrogens is 2. The topological polar surface area (TPSA) is 53.1 Å². The number of aryl methyl sites for hydroxylation is 1. The van der Waals surface area contributed by atoms with Crippen molar-refractivity contribution in [2.75, 3.05) is 13.7 Å². The van der Waals surface area contributed by atoms with E-state index in [1.165, 1.54) is 7.11 Å². The van der Waals surface area contributed by atoms with Crippen LogP contribution in [0.5, 0.6) is 5.75 Å². The number of nitrogens with two attached hydrogens (primary N) is 1. The maximum absolute atomic E-state index is 14.0. The highest BCUT2D eigenvalue weighted by Crippen LogP contribution is 2.30. The van der Waals surface area contributed by atoms with E-state index in [0.717, 1.165) is 17.7 Å². The Morgan fingerprint density at radius 3 is 2.68 bits per heavy atom. The van der Waals surface area contributed by atoms with Gasteiger partial charge in [-0.25, -0.2) is 8.78 Å². The molecule has 0 saturated carbocycles. The predicted molar refractivity (Wildman–Crippen MR) is 67.9 cm³/mol. The molecule has 0 radical (unpaired) electrons. The van der Waals surface area contributed by atoms with Gasteiger partial charge in [0, 0.05) is 24.9 Å².